The fraction of sp³-hybridized carbons (Fsp3) is 0.316. The van der Waals surface area contributed by atoms with Crippen molar-refractivity contribution < 1.29 is 9.53 Å². The topological polar surface area (TPSA) is 62.4 Å². The second-order valence-corrected chi connectivity index (χ2v) is 5.91. The lowest BCUT2D eigenvalue weighted by Crippen LogP contribution is -2.47. The third-order valence-electron chi connectivity index (χ3n) is 4.00. The first kappa shape index (κ1) is 16.3. The number of piperidine rings is 1. The van der Waals surface area contributed by atoms with Crippen LogP contribution in [-0.4, -0.2) is 25.2 Å². The number of carbonyl (C=O) groups is 1. The molecule has 24 heavy (non-hydrogen) atoms. The molecule has 5 heteroatoms. The molecule has 1 heterocycles. The van der Waals surface area contributed by atoms with Crippen LogP contribution in [0, 0.1) is 0 Å². The summed E-state index contributed by atoms with van der Waals surface area (Å²) >= 11 is 0. The Kier molecular flexibility index (Phi) is 5.69. The molecule has 0 bridgehead atoms. The van der Waals surface area contributed by atoms with Crippen LogP contribution in [0.1, 0.15) is 18.4 Å². The molecule has 1 fully saturated rings. The minimum absolute atomic E-state index is 0.177. The number of hydrogen-bond acceptors (Lipinski definition) is 3. The van der Waals surface area contributed by atoms with E-state index in [9.17, 15) is 4.79 Å². The number of para-hydroxylation sites is 2. The van der Waals surface area contributed by atoms with Gasteiger partial charge in [-0.2, -0.15) is 0 Å². The third-order valence-corrected chi connectivity index (χ3v) is 4.00. The lowest BCUT2D eigenvalue weighted by molar-refractivity contribution is 0.245. The molecule has 0 aromatic heterocycles. The average molecular weight is 325 g/mol. The first-order valence-electron chi connectivity index (χ1n) is 8.35. The lowest BCUT2D eigenvalue weighted by Gasteiger charge is -2.24. The van der Waals surface area contributed by atoms with Crippen LogP contribution < -0.4 is 20.7 Å². The first-order valence-corrected chi connectivity index (χ1v) is 8.35. The van der Waals surface area contributed by atoms with Crippen LogP contribution >= 0.6 is 0 Å². The van der Waals surface area contributed by atoms with Crippen molar-refractivity contribution in [1.29, 1.82) is 0 Å². The summed E-state index contributed by atoms with van der Waals surface area (Å²) in [6, 6.07) is 17.4. The van der Waals surface area contributed by atoms with Crippen LogP contribution in [-0.2, 0) is 6.61 Å². The van der Waals surface area contributed by atoms with Crippen molar-refractivity contribution in [2.45, 2.75) is 25.5 Å². The number of hydrogen-bond donors (Lipinski definition) is 3. The summed E-state index contributed by atoms with van der Waals surface area (Å²) in [5.41, 5.74) is 1.76. The molecule has 0 aliphatic carbocycles. The van der Waals surface area contributed by atoms with E-state index in [1.807, 2.05) is 54.6 Å². The standard InChI is InChI=1S/C19H23N3O2/c23-19(21-16-9-6-12-20-13-16)22-17-10-4-5-11-18(17)24-14-15-7-2-1-3-8-15/h1-5,7-8,10-11,16,20H,6,9,12-14H2,(H2,21,22,23)/t16-/m1/s1. The van der Waals surface area contributed by atoms with Crippen LogP contribution in [0.5, 0.6) is 5.75 Å². The fourth-order valence-electron chi connectivity index (χ4n) is 2.75. The maximum Gasteiger partial charge on any atom is 0.319 e. The van der Waals surface area contributed by atoms with Crippen molar-refractivity contribution in [2.75, 3.05) is 18.4 Å². The molecule has 5 nitrogen and oxygen atoms in total. The van der Waals surface area contributed by atoms with Gasteiger partial charge in [-0.15, -0.1) is 0 Å². The van der Waals surface area contributed by atoms with Crippen molar-refractivity contribution in [1.82, 2.24) is 10.6 Å². The van der Waals surface area contributed by atoms with Crippen molar-refractivity contribution in [3.05, 3.63) is 60.2 Å². The molecule has 0 saturated carbocycles. The van der Waals surface area contributed by atoms with Crippen molar-refractivity contribution >= 4 is 11.7 Å². The first-order chi connectivity index (χ1) is 11.8. The average Bonchev–Trinajstić information content (AvgIpc) is 2.63. The number of benzene rings is 2. The van der Waals surface area contributed by atoms with E-state index >= 15 is 0 Å². The molecular formula is C19H23N3O2. The molecular weight excluding hydrogens is 302 g/mol. The number of anilines is 1. The molecule has 126 valence electrons. The number of nitrogens with one attached hydrogen (secondary N) is 3. The molecule has 2 amide bonds. The summed E-state index contributed by atoms with van der Waals surface area (Å²) in [4.78, 5) is 12.2. The monoisotopic (exact) mass is 325 g/mol. The minimum atomic E-state index is -0.195. The Morgan fingerprint density at radius 1 is 1.12 bits per heavy atom. The Hall–Kier alpha value is -2.53. The minimum Gasteiger partial charge on any atom is -0.487 e. The van der Waals surface area contributed by atoms with E-state index in [-0.39, 0.29) is 12.1 Å². The van der Waals surface area contributed by atoms with Gasteiger partial charge in [0.05, 0.1) is 5.69 Å². The smallest absolute Gasteiger partial charge is 0.319 e. The molecule has 2 aromatic rings. The highest BCUT2D eigenvalue weighted by atomic mass is 16.5. The van der Waals surface area contributed by atoms with Gasteiger partial charge in [0, 0.05) is 12.6 Å². The predicted molar refractivity (Wildman–Crippen MR) is 95.3 cm³/mol. The summed E-state index contributed by atoms with van der Waals surface area (Å²) in [6.45, 7) is 2.31. The van der Waals surface area contributed by atoms with Crippen molar-refractivity contribution in [2.24, 2.45) is 0 Å². The molecule has 0 unspecified atom stereocenters. The molecule has 1 saturated heterocycles. The second-order valence-electron chi connectivity index (χ2n) is 5.91. The molecule has 3 rings (SSSR count). The summed E-state index contributed by atoms with van der Waals surface area (Å²) in [7, 11) is 0. The van der Waals surface area contributed by atoms with E-state index < -0.39 is 0 Å². The molecule has 3 N–H and O–H groups in total. The van der Waals surface area contributed by atoms with Gasteiger partial charge in [0.1, 0.15) is 12.4 Å². The van der Waals surface area contributed by atoms with Crippen LogP contribution in [0.3, 0.4) is 0 Å². The Morgan fingerprint density at radius 2 is 1.92 bits per heavy atom. The van der Waals surface area contributed by atoms with Gasteiger partial charge in [-0.3, -0.25) is 0 Å². The third kappa shape index (κ3) is 4.73. The van der Waals surface area contributed by atoms with E-state index in [0.717, 1.165) is 31.5 Å². The SMILES string of the molecule is O=C(Nc1ccccc1OCc1ccccc1)N[C@@H]1CCCNC1. The van der Waals surface area contributed by atoms with Gasteiger partial charge in [-0.05, 0) is 37.1 Å². The van der Waals surface area contributed by atoms with Gasteiger partial charge in [-0.25, -0.2) is 4.79 Å². The maximum atomic E-state index is 12.2. The molecule has 1 aliphatic heterocycles. The Labute approximate surface area is 142 Å². The molecule has 0 spiro atoms. The van der Waals surface area contributed by atoms with Crippen LogP contribution in [0.15, 0.2) is 54.6 Å². The highest BCUT2D eigenvalue weighted by molar-refractivity contribution is 5.91. The summed E-state index contributed by atoms with van der Waals surface area (Å²) in [5, 5.41) is 9.18. The molecule has 1 atom stereocenters. The normalized spacial score (nSPS) is 17.1. The van der Waals surface area contributed by atoms with Crippen molar-refractivity contribution in [3.8, 4) is 5.75 Å². The van der Waals surface area contributed by atoms with E-state index in [2.05, 4.69) is 16.0 Å². The Morgan fingerprint density at radius 3 is 2.71 bits per heavy atom. The van der Waals surface area contributed by atoms with Crippen LogP contribution in [0.2, 0.25) is 0 Å². The summed E-state index contributed by atoms with van der Waals surface area (Å²) in [6.07, 6.45) is 2.09. The second kappa shape index (κ2) is 8.36. The van der Waals surface area contributed by atoms with Crippen molar-refractivity contribution in [3.63, 3.8) is 0 Å². The highest BCUT2D eigenvalue weighted by Crippen LogP contribution is 2.24. The number of urea groups is 1. The van der Waals surface area contributed by atoms with E-state index in [1.54, 1.807) is 0 Å². The van der Waals surface area contributed by atoms with Gasteiger partial charge in [0.25, 0.3) is 0 Å². The number of rotatable bonds is 5. The Bertz CT molecular complexity index is 655. The molecule has 1 aliphatic rings. The van der Waals surface area contributed by atoms with Crippen LogP contribution in [0.25, 0.3) is 0 Å². The van der Waals surface area contributed by atoms with Crippen LogP contribution in [0.4, 0.5) is 10.5 Å². The molecule has 0 radical (unpaired) electrons. The van der Waals surface area contributed by atoms with Gasteiger partial charge in [-0.1, -0.05) is 42.5 Å². The predicted octanol–water partition coefficient (Wildman–Crippen LogP) is 3.14. The number of ether oxygens (including phenoxy) is 1. The quantitative estimate of drug-likeness (QED) is 0.791. The number of amides is 2. The zero-order valence-corrected chi connectivity index (χ0v) is 13.6. The maximum absolute atomic E-state index is 12.2. The zero-order valence-electron chi connectivity index (χ0n) is 13.6. The fourth-order valence-corrected chi connectivity index (χ4v) is 2.75. The zero-order chi connectivity index (χ0) is 16.6. The van der Waals surface area contributed by atoms with Gasteiger partial charge in [0.15, 0.2) is 0 Å². The van der Waals surface area contributed by atoms with Gasteiger partial charge in [0.2, 0.25) is 0 Å². The lowest BCUT2D eigenvalue weighted by atomic mass is 10.1. The van der Waals surface area contributed by atoms with E-state index in [1.165, 1.54) is 0 Å². The number of carbonyl (C=O) groups excluding carboxylic acids is 1. The molecule has 2 aromatic carbocycles. The Balaban J connectivity index is 1.57. The van der Waals surface area contributed by atoms with E-state index in [0.29, 0.717) is 18.0 Å². The van der Waals surface area contributed by atoms with Gasteiger partial charge < -0.3 is 20.7 Å². The largest absolute Gasteiger partial charge is 0.487 e. The van der Waals surface area contributed by atoms with E-state index in [4.69, 9.17) is 4.74 Å². The summed E-state index contributed by atoms with van der Waals surface area (Å²) < 4.78 is 5.86. The van der Waals surface area contributed by atoms with Gasteiger partial charge >= 0.3 is 6.03 Å². The highest BCUT2D eigenvalue weighted by Gasteiger charge is 2.16. The summed E-state index contributed by atoms with van der Waals surface area (Å²) in [5.74, 6) is 0.665.